The highest BCUT2D eigenvalue weighted by atomic mass is 32.2. The van der Waals surface area contributed by atoms with Crippen molar-refractivity contribution in [1.82, 2.24) is 5.43 Å². The van der Waals surface area contributed by atoms with Crippen LogP contribution in [0.3, 0.4) is 0 Å². The third kappa shape index (κ3) is 5.58. The van der Waals surface area contributed by atoms with Crippen molar-refractivity contribution < 1.29 is 13.2 Å². The highest BCUT2D eigenvalue weighted by Gasteiger charge is 2.27. The minimum Gasteiger partial charge on any atom is -0.271 e. The Labute approximate surface area is 183 Å². The molecule has 3 aromatic rings. The summed E-state index contributed by atoms with van der Waals surface area (Å²) in [6.07, 6.45) is 0. The van der Waals surface area contributed by atoms with Gasteiger partial charge in [0.15, 0.2) is 0 Å². The Kier molecular flexibility index (Phi) is 6.87. The van der Waals surface area contributed by atoms with E-state index in [0.29, 0.717) is 11.4 Å². The molecule has 0 unspecified atom stereocenters. The number of nitrogens with zero attached hydrogens (tertiary/aromatic N) is 2. The topological polar surface area (TPSA) is 78.8 Å². The number of hydrogen-bond donors (Lipinski definition) is 1. The van der Waals surface area contributed by atoms with Crippen molar-refractivity contribution in [1.29, 1.82) is 0 Å². The first-order chi connectivity index (χ1) is 14.8. The predicted molar refractivity (Wildman–Crippen MR) is 124 cm³/mol. The molecule has 31 heavy (non-hydrogen) atoms. The minimum absolute atomic E-state index is 0.114. The number of aryl methyl sites for hydroxylation is 2. The van der Waals surface area contributed by atoms with Crippen LogP contribution >= 0.6 is 0 Å². The lowest BCUT2D eigenvalue weighted by Crippen LogP contribution is -2.39. The number of anilines is 1. The Morgan fingerprint density at radius 1 is 0.871 bits per heavy atom. The zero-order valence-electron chi connectivity index (χ0n) is 17.7. The number of rotatable bonds is 7. The van der Waals surface area contributed by atoms with Gasteiger partial charge in [-0.15, -0.1) is 0 Å². The molecule has 0 spiro atoms. The van der Waals surface area contributed by atoms with Crippen LogP contribution in [0, 0.1) is 13.8 Å². The molecular weight excluding hydrogens is 410 g/mol. The first-order valence-electron chi connectivity index (χ1n) is 9.82. The van der Waals surface area contributed by atoms with Crippen molar-refractivity contribution in [3.05, 3.63) is 95.6 Å². The number of hydrazone groups is 1. The number of amides is 1. The van der Waals surface area contributed by atoms with Crippen LogP contribution in [0.1, 0.15) is 23.6 Å². The Morgan fingerprint density at radius 3 is 2.00 bits per heavy atom. The predicted octanol–water partition coefficient (Wildman–Crippen LogP) is 4.04. The normalized spacial score (nSPS) is 11.8. The first-order valence-corrected chi connectivity index (χ1v) is 11.3. The summed E-state index contributed by atoms with van der Waals surface area (Å²) in [6, 6.07) is 22.8. The summed E-state index contributed by atoms with van der Waals surface area (Å²) in [6.45, 7) is 5.29. The van der Waals surface area contributed by atoms with E-state index in [1.165, 1.54) is 12.1 Å². The summed E-state index contributed by atoms with van der Waals surface area (Å²) in [5, 5.41) is 4.14. The molecule has 0 aliphatic carbocycles. The van der Waals surface area contributed by atoms with E-state index in [0.717, 1.165) is 21.0 Å². The fourth-order valence-corrected chi connectivity index (χ4v) is 4.36. The van der Waals surface area contributed by atoms with Crippen molar-refractivity contribution in [3.8, 4) is 0 Å². The van der Waals surface area contributed by atoms with E-state index in [9.17, 15) is 13.2 Å². The van der Waals surface area contributed by atoms with E-state index in [1.807, 2.05) is 38.1 Å². The van der Waals surface area contributed by atoms with Crippen molar-refractivity contribution >= 4 is 27.3 Å². The monoisotopic (exact) mass is 435 g/mol. The van der Waals surface area contributed by atoms with Crippen LogP contribution in [0.25, 0.3) is 0 Å². The summed E-state index contributed by atoms with van der Waals surface area (Å²) in [5.74, 6) is -0.536. The highest BCUT2D eigenvalue weighted by molar-refractivity contribution is 7.92. The molecule has 6 nitrogen and oxygen atoms in total. The first kappa shape index (κ1) is 22.2. The zero-order valence-corrected chi connectivity index (χ0v) is 18.6. The van der Waals surface area contributed by atoms with Crippen LogP contribution < -0.4 is 9.73 Å². The van der Waals surface area contributed by atoms with Gasteiger partial charge in [0.1, 0.15) is 6.54 Å². The standard InChI is InChI=1S/C24H25N3O3S/c1-18-9-13-21(14-10-18)20(3)25-26-24(28)17-27(22-15-11-19(2)12-16-22)31(29,30)23-7-5-4-6-8-23/h4-16H,17H2,1-3H3,(H,26,28). The van der Waals surface area contributed by atoms with Gasteiger partial charge in [-0.05, 0) is 50.6 Å². The molecule has 0 heterocycles. The van der Waals surface area contributed by atoms with Crippen LogP contribution in [0.15, 0.2) is 88.9 Å². The van der Waals surface area contributed by atoms with Crippen molar-refractivity contribution in [3.63, 3.8) is 0 Å². The molecule has 1 amide bonds. The van der Waals surface area contributed by atoms with E-state index >= 15 is 0 Å². The Hall–Kier alpha value is -3.45. The maximum Gasteiger partial charge on any atom is 0.264 e. The number of benzene rings is 3. The molecule has 0 aromatic heterocycles. The number of sulfonamides is 1. The van der Waals surface area contributed by atoms with Gasteiger partial charge in [0.25, 0.3) is 15.9 Å². The molecule has 1 N–H and O–H groups in total. The fraction of sp³-hybridized carbons (Fsp3) is 0.167. The molecular formula is C24H25N3O3S. The fourth-order valence-electron chi connectivity index (χ4n) is 2.92. The average molecular weight is 436 g/mol. The molecule has 0 fully saturated rings. The van der Waals surface area contributed by atoms with Crippen molar-refractivity contribution in [2.24, 2.45) is 5.10 Å². The SMILES string of the molecule is CC(=NNC(=O)CN(c1ccc(C)cc1)S(=O)(=O)c1ccccc1)c1ccc(C)cc1. The molecule has 0 saturated heterocycles. The maximum absolute atomic E-state index is 13.3. The second-order valence-electron chi connectivity index (χ2n) is 7.26. The smallest absolute Gasteiger partial charge is 0.264 e. The lowest BCUT2D eigenvalue weighted by molar-refractivity contribution is -0.119. The number of carbonyl (C=O) groups excluding carboxylic acids is 1. The van der Waals surface area contributed by atoms with Gasteiger partial charge < -0.3 is 0 Å². The molecule has 0 aliphatic heterocycles. The van der Waals surface area contributed by atoms with Crippen LogP contribution in [0.4, 0.5) is 5.69 Å². The van der Waals surface area contributed by atoms with Gasteiger partial charge >= 0.3 is 0 Å². The third-order valence-electron chi connectivity index (χ3n) is 4.76. The molecule has 7 heteroatoms. The largest absolute Gasteiger partial charge is 0.271 e. The highest BCUT2D eigenvalue weighted by Crippen LogP contribution is 2.23. The summed E-state index contributed by atoms with van der Waals surface area (Å²) in [7, 11) is -3.93. The second kappa shape index (κ2) is 9.57. The Balaban J connectivity index is 1.84. The Bertz CT molecular complexity index is 1170. The minimum atomic E-state index is -3.93. The van der Waals surface area contributed by atoms with Crippen molar-refractivity contribution in [2.45, 2.75) is 25.7 Å². The van der Waals surface area contributed by atoms with Gasteiger partial charge in [0.05, 0.1) is 16.3 Å². The molecule has 0 bridgehead atoms. The van der Waals surface area contributed by atoms with Crippen LogP contribution in [0.5, 0.6) is 0 Å². The van der Waals surface area contributed by atoms with E-state index in [4.69, 9.17) is 0 Å². The van der Waals surface area contributed by atoms with Gasteiger partial charge in [-0.2, -0.15) is 5.10 Å². The molecule has 0 saturated carbocycles. The number of nitrogens with one attached hydrogen (secondary N) is 1. The molecule has 160 valence electrons. The molecule has 0 aliphatic rings. The lowest BCUT2D eigenvalue weighted by Gasteiger charge is -2.23. The van der Waals surface area contributed by atoms with Gasteiger partial charge in [0.2, 0.25) is 0 Å². The summed E-state index contributed by atoms with van der Waals surface area (Å²) in [5.41, 5.74) is 6.49. The number of hydrogen-bond acceptors (Lipinski definition) is 4. The van der Waals surface area contributed by atoms with Crippen LogP contribution in [-0.4, -0.2) is 26.6 Å². The average Bonchev–Trinajstić information content (AvgIpc) is 2.77. The third-order valence-corrected chi connectivity index (χ3v) is 6.55. The van der Waals surface area contributed by atoms with Gasteiger partial charge in [0, 0.05) is 0 Å². The summed E-state index contributed by atoms with van der Waals surface area (Å²) < 4.78 is 27.6. The molecule has 3 aromatic carbocycles. The summed E-state index contributed by atoms with van der Waals surface area (Å²) in [4.78, 5) is 12.8. The van der Waals surface area contributed by atoms with Gasteiger partial charge in [-0.25, -0.2) is 13.8 Å². The van der Waals surface area contributed by atoms with E-state index < -0.39 is 22.5 Å². The van der Waals surface area contributed by atoms with Crippen LogP contribution in [-0.2, 0) is 14.8 Å². The lowest BCUT2D eigenvalue weighted by atomic mass is 10.1. The zero-order chi connectivity index (χ0) is 22.4. The van der Waals surface area contributed by atoms with Crippen molar-refractivity contribution in [2.75, 3.05) is 10.8 Å². The molecule has 0 atom stereocenters. The van der Waals surface area contributed by atoms with Crippen LogP contribution in [0.2, 0.25) is 0 Å². The quantitative estimate of drug-likeness (QED) is 0.449. The molecule has 0 radical (unpaired) electrons. The van der Waals surface area contributed by atoms with E-state index in [1.54, 1.807) is 49.4 Å². The van der Waals surface area contributed by atoms with E-state index in [2.05, 4.69) is 10.5 Å². The Morgan fingerprint density at radius 2 is 1.42 bits per heavy atom. The van der Waals surface area contributed by atoms with E-state index in [-0.39, 0.29) is 4.90 Å². The number of carbonyl (C=O) groups is 1. The second-order valence-corrected chi connectivity index (χ2v) is 9.12. The summed E-state index contributed by atoms with van der Waals surface area (Å²) >= 11 is 0. The van der Waals surface area contributed by atoms with Gasteiger partial charge in [-0.1, -0.05) is 65.7 Å². The maximum atomic E-state index is 13.3. The molecule has 3 rings (SSSR count). The van der Waals surface area contributed by atoms with Gasteiger partial charge in [-0.3, -0.25) is 9.10 Å².